The van der Waals surface area contributed by atoms with Gasteiger partial charge in [0.15, 0.2) is 0 Å². The van der Waals surface area contributed by atoms with E-state index < -0.39 is 17.6 Å². The number of benzene rings is 2. The molecule has 0 unspecified atom stereocenters. The molecule has 1 aliphatic heterocycles. The molecule has 184 valence electrons. The molecule has 1 fully saturated rings. The number of nitrogens with zero attached hydrogens (tertiary/aromatic N) is 2. The first-order valence-corrected chi connectivity index (χ1v) is 11.7. The number of carbonyl (C=O) groups excluding carboxylic acids is 1. The molecule has 2 N–H and O–H groups in total. The minimum absolute atomic E-state index is 0.131. The van der Waals surface area contributed by atoms with Gasteiger partial charge in [0.2, 0.25) is 0 Å². The molecule has 35 heavy (non-hydrogen) atoms. The van der Waals surface area contributed by atoms with Crippen molar-refractivity contribution < 1.29 is 23.4 Å². The lowest BCUT2D eigenvalue weighted by molar-refractivity contribution is -0.0964. The maximum atomic E-state index is 13.2. The maximum Gasteiger partial charge on any atom is 0.487 e. The summed E-state index contributed by atoms with van der Waals surface area (Å²) < 4.78 is 30.0. The summed E-state index contributed by atoms with van der Waals surface area (Å²) in [4.78, 5) is 19.9. The van der Waals surface area contributed by atoms with Gasteiger partial charge in [0.1, 0.15) is 5.75 Å². The Hall–Kier alpha value is -3.23. The van der Waals surface area contributed by atoms with Gasteiger partial charge in [-0.15, -0.1) is 8.78 Å². The van der Waals surface area contributed by atoms with Crippen molar-refractivity contribution in [3.63, 3.8) is 0 Å². The second-order valence-corrected chi connectivity index (χ2v) is 9.15. The Bertz CT molecular complexity index is 1200. The highest BCUT2D eigenvalue weighted by atomic mass is 35.5. The van der Waals surface area contributed by atoms with Crippen molar-refractivity contribution in [1.29, 1.82) is 0 Å². The Morgan fingerprint density at radius 1 is 1.20 bits per heavy atom. The number of alkyl halides is 3. The molecule has 2 heterocycles. The molecule has 1 atom stereocenters. The Morgan fingerprint density at radius 3 is 2.57 bits per heavy atom. The van der Waals surface area contributed by atoms with Gasteiger partial charge >= 0.3 is 5.57 Å². The number of aromatic nitrogens is 1. The molecule has 3 aromatic rings. The number of hydrogen-bond acceptors (Lipinski definition) is 5. The lowest BCUT2D eigenvalue weighted by Gasteiger charge is -2.27. The number of pyridine rings is 1. The zero-order valence-corrected chi connectivity index (χ0v) is 20.1. The number of amides is 1. The summed E-state index contributed by atoms with van der Waals surface area (Å²) in [6.07, 6.45) is 1.91. The Labute approximate surface area is 207 Å². The van der Waals surface area contributed by atoms with Gasteiger partial charge in [0.05, 0.1) is 17.4 Å². The third-order valence-electron chi connectivity index (χ3n) is 5.82. The van der Waals surface area contributed by atoms with E-state index in [0.29, 0.717) is 36.5 Å². The topological polar surface area (TPSA) is 74.7 Å². The number of anilines is 2. The molecule has 0 aliphatic carbocycles. The van der Waals surface area contributed by atoms with Gasteiger partial charge < -0.3 is 20.1 Å². The Morgan fingerprint density at radius 2 is 1.94 bits per heavy atom. The zero-order valence-electron chi connectivity index (χ0n) is 19.3. The first-order valence-electron chi connectivity index (χ1n) is 11.3. The number of para-hydroxylation sites is 1. The smallest absolute Gasteiger partial charge is 0.420 e. The van der Waals surface area contributed by atoms with Gasteiger partial charge in [-0.3, -0.25) is 9.78 Å². The second-order valence-electron chi connectivity index (χ2n) is 8.71. The third kappa shape index (κ3) is 5.89. The first kappa shape index (κ1) is 24.9. The molecule has 1 aromatic heterocycles. The molecule has 1 saturated heterocycles. The van der Waals surface area contributed by atoms with E-state index in [0.717, 1.165) is 16.8 Å². The van der Waals surface area contributed by atoms with E-state index in [-0.39, 0.29) is 11.7 Å². The van der Waals surface area contributed by atoms with Gasteiger partial charge in [0.25, 0.3) is 5.91 Å². The minimum atomic E-state index is -3.82. The van der Waals surface area contributed by atoms with Gasteiger partial charge in [-0.2, -0.15) is 0 Å². The van der Waals surface area contributed by atoms with E-state index in [1.807, 2.05) is 12.1 Å². The average Bonchev–Trinajstić information content (AvgIpc) is 3.24. The molecular formula is C26H26ClF2N3O3. The van der Waals surface area contributed by atoms with Gasteiger partial charge in [-0.1, -0.05) is 32.0 Å². The van der Waals surface area contributed by atoms with E-state index in [4.69, 9.17) is 11.6 Å². The van der Waals surface area contributed by atoms with Gasteiger partial charge in [-0.25, -0.2) is 0 Å². The number of β-amino-alcohol motifs (C(OH)–C–C–N with tert-alkyl or cyclic N) is 1. The van der Waals surface area contributed by atoms with E-state index in [1.165, 1.54) is 24.3 Å². The number of rotatable bonds is 7. The molecule has 0 saturated carbocycles. The van der Waals surface area contributed by atoms with E-state index >= 15 is 0 Å². The largest absolute Gasteiger partial charge is 0.487 e. The van der Waals surface area contributed by atoms with Crippen molar-refractivity contribution in [3.05, 3.63) is 71.9 Å². The van der Waals surface area contributed by atoms with Crippen LogP contribution in [0.2, 0.25) is 0 Å². The number of aliphatic hydroxyl groups is 1. The van der Waals surface area contributed by atoms with Crippen LogP contribution in [0.15, 0.2) is 60.8 Å². The summed E-state index contributed by atoms with van der Waals surface area (Å²) in [5.74, 6) is -0.301. The predicted octanol–water partition coefficient (Wildman–Crippen LogP) is 5.86. The lowest BCUT2D eigenvalue weighted by Crippen LogP contribution is -2.24. The lowest BCUT2D eigenvalue weighted by atomic mass is 9.93. The highest BCUT2D eigenvalue weighted by Crippen LogP contribution is 2.39. The van der Waals surface area contributed by atoms with Crippen molar-refractivity contribution in [2.45, 2.75) is 37.9 Å². The number of carbonyl (C=O) groups is 1. The van der Waals surface area contributed by atoms with Crippen LogP contribution in [0.3, 0.4) is 0 Å². The fraction of sp³-hybridized carbons (Fsp3) is 0.308. The summed E-state index contributed by atoms with van der Waals surface area (Å²) in [7, 11) is 0. The normalized spacial score (nSPS) is 16.0. The SMILES string of the molecule is CC(C)c1cccc(-c2ncccc2C(=O)Nc2ccc(OC(F)(F)Cl)cc2)c1N1CC[C@@H](O)C1. The number of halogens is 3. The monoisotopic (exact) mass is 501 g/mol. The van der Waals surface area contributed by atoms with E-state index in [2.05, 4.69) is 39.9 Å². The summed E-state index contributed by atoms with van der Waals surface area (Å²) in [5.41, 5.74) is 0.351. The first-order chi connectivity index (χ1) is 16.6. The maximum absolute atomic E-state index is 13.2. The Balaban J connectivity index is 1.67. The summed E-state index contributed by atoms with van der Waals surface area (Å²) in [6, 6.07) is 14.8. The van der Waals surface area contributed by atoms with Crippen molar-refractivity contribution >= 4 is 28.9 Å². The van der Waals surface area contributed by atoms with Crippen LogP contribution < -0.4 is 15.0 Å². The summed E-state index contributed by atoms with van der Waals surface area (Å²) >= 11 is 4.80. The van der Waals surface area contributed by atoms with Crippen LogP contribution in [0.5, 0.6) is 5.75 Å². The van der Waals surface area contributed by atoms with Crippen LogP contribution in [-0.4, -0.2) is 40.8 Å². The molecule has 0 spiro atoms. The standard InChI is InChI=1S/C26H26ClF2N3O3/c1-16(2)20-5-3-6-21(24(20)32-14-12-18(33)15-32)23-22(7-4-13-30-23)25(34)31-17-8-10-19(11-9-17)35-26(27,28)29/h3-11,13,16,18,33H,12,14-15H2,1-2H3,(H,31,34)/t18-/m1/s1. The third-order valence-corrected chi connectivity index (χ3v) is 5.90. The van der Waals surface area contributed by atoms with Crippen molar-refractivity contribution in [2.24, 2.45) is 0 Å². The average molecular weight is 502 g/mol. The van der Waals surface area contributed by atoms with Crippen LogP contribution in [0, 0.1) is 0 Å². The van der Waals surface area contributed by atoms with E-state index in [1.54, 1.807) is 18.3 Å². The number of hydrogen-bond donors (Lipinski definition) is 2. The summed E-state index contributed by atoms with van der Waals surface area (Å²) in [6.45, 7) is 5.44. The second kappa shape index (κ2) is 10.2. The summed E-state index contributed by atoms with van der Waals surface area (Å²) in [5, 5.41) is 12.9. The van der Waals surface area contributed by atoms with Crippen molar-refractivity contribution in [2.75, 3.05) is 23.3 Å². The molecular weight excluding hydrogens is 476 g/mol. The van der Waals surface area contributed by atoms with Crippen molar-refractivity contribution in [3.8, 4) is 17.0 Å². The van der Waals surface area contributed by atoms with E-state index in [9.17, 15) is 18.7 Å². The number of nitrogens with one attached hydrogen (secondary N) is 1. The van der Waals surface area contributed by atoms with Crippen LogP contribution in [0.25, 0.3) is 11.3 Å². The molecule has 4 rings (SSSR count). The zero-order chi connectivity index (χ0) is 25.2. The minimum Gasteiger partial charge on any atom is -0.420 e. The van der Waals surface area contributed by atoms with Crippen LogP contribution in [0.1, 0.15) is 42.1 Å². The quantitative estimate of drug-likeness (QED) is 0.396. The molecule has 9 heteroatoms. The van der Waals surface area contributed by atoms with Crippen LogP contribution >= 0.6 is 11.6 Å². The highest BCUT2D eigenvalue weighted by Gasteiger charge is 2.28. The molecule has 1 amide bonds. The molecule has 0 radical (unpaired) electrons. The number of aliphatic hydroxyl groups excluding tert-OH is 1. The fourth-order valence-electron chi connectivity index (χ4n) is 4.26. The molecule has 0 bridgehead atoms. The van der Waals surface area contributed by atoms with Crippen LogP contribution in [-0.2, 0) is 0 Å². The van der Waals surface area contributed by atoms with Crippen LogP contribution in [0.4, 0.5) is 20.2 Å². The molecule has 1 aliphatic rings. The Kier molecular flexibility index (Phi) is 7.23. The predicted molar refractivity (Wildman–Crippen MR) is 132 cm³/mol. The highest BCUT2D eigenvalue weighted by molar-refractivity contribution is 6.20. The fourth-order valence-corrected chi connectivity index (χ4v) is 4.35. The molecule has 6 nitrogen and oxygen atoms in total. The molecule has 2 aromatic carbocycles. The number of ether oxygens (including phenoxy) is 1. The van der Waals surface area contributed by atoms with Crippen molar-refractivity contribution in [1.82, 2.24) is 4.98 Å². The van der Waals surface area contributed by atoms with Gasteiger partial charge in [-0.05, 0) is 54.3 Å². The van der Waals surface area contributed by atoms with Gasteiger partial charge in [0, 0.05) is 47.8 Å².